The van der Waals surface area contributed by atoms with E-state index in [0.29, 0.717) is 18.5 Å². The lowest BCUT2D eigenvalue weighted by atomic mass is 9.88. The van der Waals surface area contributed by atoms with Gasteiger partial charge in [0.25, 0.3) is 0 Å². The second-order valence-corrected chi connectivity index (χ2v) is 6.78. The second kappa shape index (κ2) is 5.65. The number of piperazine rings is 1. The zero-order valence-electron chi connectivity index (χ0n) is 12.8. The van der Waals surface area contributed by atoms with Gasteiger partial charge in [-0.3, -0.25) is 4.90 Å². The molecule has 1 aromatic carbocycles. The van der Waals surface area contributed by atoms with E-state index >= 15 is 0 Å². The van der Waals surface area contributed by atoms with E-state index in [9.17, 15) is 8.78 Å². The highest BCUT2D eigenvalue weighted by atomic mass is 19.1. The summed E-state index contributed by atoms with van der Waals surface area (Å²) < 4.78 is 26.8. The number of hydrogen-bond acceptors (Lipinski definition) is 2. The van der Waals surface area contributed by atoms with Crippen molar-refractivity contribution in [1.82, 2.24) is 10.2 Å². The van der Waals surface area contributed by atoms with Gasteiger partial charge in [-0.25, -0.2) is 8.78 Å². The first-order chi connectivity index (χ1) is 10.0. The minimum Gasteiger partial charge on any atom is -0.311 e. The summed E-state index contributed by atoms with van der Waals surface area (Å²) in [6, 6.07) is 4.32. The standard InChI is InChI=1S/C17H24F2N2/c1-3-16-10-21(17(2,11-20-16)13-4-5-13)9-12-6-14(18)8-15(19)7-12/h6-8,13,16,20H,3-5,9-11H2,1-2H3. The SMILES string of the molecule is CCC1CN(Cc2cc(F)cc(F)c2)C(C)(C2CC2)CN1. The largest absolute Gasteiger partial charge is 0.311 e. The Morgan fingerprint density at radius 2 is 1.90 bits per heavy atom. The Hall–Kier alpha value is -1.00. The molecule has 1 N–H and O–H groups in total. The van der Waals surface area contributed by atoms with Crippen LogP contribution in [-0.2, 0) is 6.54 Å². The predicted molar refractivity (Wildman–Crippen MR) is 80.0 cm³/mol. The quantitative estimate of drug-likeness (QED) is 0.916. The zero-order chi connectivity index (χ0) is 15.0. The number of rotatable bonds is 4. The second-order valence-electron chi connectivity index (χ2n) is 6.78. The number of nitrogens with one attached hydrogen (secondary N) is 1. The predicted octanol–water partition coefficient (Wildman–Crippen LogP) is 3.32. The van der Waals surface area contributed by atoms with Crippen molar-refractivity contribution in [3.63, 3.8) is 0 Å². The summed E-state index contributed by atoms with van der Waals surface area (Å²) in [6.45, 7) is 7.01. The third-order valence-corrected chi connectivity index (χ3v) is 5.16. The highest BCUT2D eigenvalue weighted by Gasteiger charge is 2.47. The van der Waals surface area contributed by atoms with Gasteiger partial charge < -0.3 is 5.32 Å². The highest BCUT2D eigenvalue weighted by Crippen LogP contribution is 2.44. The molecule has 0 spiro atoms. The molecule has 1 saturated carbocycles. The van der Waals surface area contributed by atoms with Crippen molar-refractivity contribution in [1.29, 1.82) is 0 Å². The molecule has 116 valence electrons. The number of nitrogens with zero attached hydrogens (tertiary/aromatic N) is 1. The van der Waals surface area contributed by atoms with Crippen molar-refractivity contribution in [2.24, 2.45) is 5.92 Å². The van der Waals surface area contributed by atoms with E-state index in [1.807, 2.05) is 0 Å². The van der Waals surface area contributed by atoms with E-state index in [2.05, 4.69) is 24.1 Å². The van der Waals surface area contributed by atoms with Gasteiger partial charge in [0.05, 0.1) is 0 Å². The van der Waals surface area contributed by atoms with E-state index in [4.69, 9.17) is 0 Å². The molecule has 21 heavy (non-hydrogen) atoms. The molecule has 1 saturated heterocycles. The number of benzene rings is 1. The molecule has 1 aromatic rings. The van der Waals surface area contributed by atoms with E-state index in [0.717, 1.165) is 31.1 Å². The molecule has 2 fully saturated rings. The Balaban J connectivity index is 1.81. The molecule has 3 rings (SSSR count). The Labute approximate surface area is 125 Å². The third-order valence-electron chi connectivity index (χ3n) is 5.16. The van der Waals surface area contributed by atoms with Gasteiger partial charge in [-0.2, -0.15) is 0 Å². The van der Waals surface area contributed by atoms with Crippen LogP contribution < -0.4 is 5.32 Å². The average Bonchev–Trinajstić information content (AvgIpc) is 3.25. The van der Waals surface area contributed by atoms with E-state index < -0.39 is 11.6 Å². The monoisotopic (exact) mass is 294 g/mol. The molecule has 2 atom stereocenters. The first kappa shape index (κ1) is 14.9. The Bertz CT molecular complexity index is 495. The molecule has 1 aliphatic heterocycles. The Kier molecular flexibility index (Phi) is 4.02. The van der Waals surface area contributed by atoms with Crippen LogP contribution >= 0.6 is 0 Å². The van der Waals surface area contributed by atoms with Gasteiger partial charge in [0.2, 0.25) is 0 Å². The van der Waals surface area contributed by atoms with Crippen molar-refractivity contribution in [2.45, 2.75) is 51.2 Å². The van der Waals surface area contributed by atoms with Crippen LogP contribution in [0.1, 0.15) is 38.7 Å². The van der Waals surface area contributed by atoms with Gasteiger partial charge >= 0.3 is 0 Å². The molecule has 2 unspecified atom stereocenters. The van der Waals surface area contributed by atoms with Crippen LogP contribution in [0.5, 0.6) is 0 Å². The summed E-state index contributed by atoms with van der Waals surface area (Å²) in [5.41, 5.74) is 0.838. The van der Waals surface area contributed by atoms with Crippen LogP contribution in [0, 0.1) is 17.6 Å². The number of halogens is 2. The smallest absolute Gasteiger partial charge is 0.126 e. The van der Waals surface area contributed by atoms with Crippen LogP contribution in [0.2, 0.25) is 0 Å². The van der Waals surface area contributed by atoms with E-state index in [-0.39, 0.29) is 5.54 Å². The van der Waals surface area contributed by atoms with Gasteiger partial charge in [0.15, 0.2) is 0 Å². The first-order valence-electron chi connectivity index (χ1n) is 7.94. The molecule has 1 heterocycles. The zero-order valence-corrected chi connectivity index (χ0v) is 12.8. The molecular formula is C17H24F2N2. The molecule has 4 heteroatoms. The normalized spacial score (nSPS) is 30.6. The lowest BCUT2D eigenvalue weighted by molar-refractivity contribution is 0.0269. The van der Waals surface area contributed by atoms with Gasteiger partial charge in [0, 0.05) is 37.3 Å². The average molecular weight is 294 g/mol. The summed E-state index contributed by atoms with van der Waals surface area (Å²) in [4.78, 5) is 2.43. The molecular weight excluding hydrogens is 270 g/mol. The molecule has 2 nitrogen and oxygen atoms in total. The van der Waals surface area contributed by atoms with Gasteiger partial charge in [-0.1, -0.05) is 6.92 Å². The minimum absolute atomic E-state index is 0.106. The number of hydrogen-bond donors (Lipinski definition) is 1. The molecule has 1 aliphatic carbocycles. The van der Waals surface area contributed by atoms with Crippen molar-refractivity contribution in [3.8, 4) is 0 Å². The van der Waals surface area contributed by atoms with Gasteiger partial charge in [-0.05, 0) is 49.8 Å². The van der Waals surface area contributed by atoms with Gasteiger partial charge in [-0.15, -0.1) is 0 Å². The van der Waals surface area contributed by atoms with Crippen LogP contribution in [0.3, 0.4) is 0 Å². The first-order valence-corrected chi connectivity index (χ1v) is 7.94. The van der Waals surface area contributed by atoms with Crippen molar-refractivity contribution in [3.05, 3.63) is 35.4 Å². The maximum absolute atomic E-state index is 13.4. The Morgan fingerprint density at radius 1 is 1.24 bits per heavy atom. The molecule has 0 bridgehead atoms. The topological polar surface area (TPSA) is 15.3 Å². The minimum atomic E-state index is -0.486. The molecule has 0 aromatic heterocycles. The Morgan fingerprint density at radius 3 is 2.48 bits per heavy atom. The summed E-state index contributed by atoms with van der Waals surface area (Å²) in [7, 11) is 0. The third kappa shape index (κ3) is 3.11. The van der Waals surface area contributed by atoms with Crippen LogP contribution in [0.25, 0.3) is 0 Å². The molecule has 2 aliphatic rings. The fraction of sp³-hybridized carbons (Fsp3) is 0.647. The fourth-order valence-electron chi connectivity index (χ4n) is 3.55. The summed E-state index contributed by atoms with van der Waals surface area (Å²) in [5, 5.41) is 3.63. The van der Waals surface area contributed by atoms with Crippen molar-refractivity contribution >= 4 is 0 Å². The highest BCUT2D eigenvalue weighted by molar-refractivity contribution is 5.19. The van der Waals surface area contributed by atoms with Crippen LogP contribution in [0.4, 0.5) is 8.78 Å². The van der Waals surface area contributed by atoms with Crippen LogP contribution in [0.15, 0.2) is 18.2 Å². The van der Waals surface area contributed by atoms with Crippen molar-refractivity contribution < 1.29 is 8.78 Å². The maximum Gasteiger partial charge on any atom is 0.126 e. The lowest BCUT2D eigenvalue weighted by Crippen LogP contribution is -2.63. The molecule has 0 amide bonds. The van der Waals surface area contributed by atoms with Gasteiger partial charge in [0.1, 0.15) is 11.6 Å². The van der Waals surface area contributed by atoms with E-state index in [1.54, 1.807) is 0 Å². The van der Waals surface area contributed by atoms with Crippen LogP contribution in [-0.4, -0.2) is 29.6 Å². The van der Waals surface area contributed by atoms with Crippen molar-refractivity contribution in [2.75, 3.05) is 13.1 Å². The van der Waals surface area contributed by atoms with E-state index in [1.165, 1.54) is 25.0 Å². The maximum atomic E-state index is 13.4. The molecule has 0 radical (unpaired) electrons. The fourth-order valence-corrected chi connectivity index (χ4v) is 3.55. The summed E-state index contributed by atoms with van der Waals surface area (Å²) in [5.74, 6) is -0.262. The summed E-state index contributed by atoms with van der Waals surface area (Å²) in [6.07, 6.45) is 3.61. The lowest BCUT2D eigenvalue weighted by Gasteiger charge is -2.48. The summed E-state index contributed by atoms with van der Waals surface area (Å²) >= 11 is 0.